The van der Waals surface area contributed by atoms with Gasteiger partial charge >= 0.3 is 0 Å². The highest BCUT2D eigenvalue weighted by atomic mass is 15.1. The number of hydrogen-bond acceptors (Lipinski definition) is 1. The highest BCUT2D eigenvalue weighted by Gasteiger charge is 2.07. The maximum Gasteiger partial charge on any atom is 0.242 e. The Kier molecular flexibility index (Phi) is 3.02. The number of para-hydroxylation sites is 2. The maximum absolute atomic E-state index is 3.28. The molecule has 1 heterocycles. The summed E-state index contributed by atoms with van der Waals surface area (Å²) in [5, 5.41) is 0. The lowest BCUT2D eigenvalue weighted by Gasteiger charge is -2.07. The van der Waals surface area contributed by atoms with E-state index < -0.39 is 0 Å². The number of hydrogen-bond donors (Lipinski definition) is 1. The molecule has 15 heavy (non-hydrogen) atoms. The molecule has 80 valence electrons. The van der Waals surface area contributed by atoms with E-state index >= 15 is 0 Å². The van der Waals surface area contributed by atoms with E-state index in [-0.39, 0.29) is 0 Å². The average Bonchev–Trinajstić information content (AvgIpc) is 2.62. The molecular formula is C12H18N3+. The third kappa shape index (κ3) is 2.36. The van der Waals surface area contributed by atoms with Gasteiger partial charge in [-0.2, -0.15) is 0 Å². The van der Waals surface area contributed by atoms with Crippen LogP contribution in [0.3, 0.4) is 0 Å². The zero-order chi connectivity index (χ0) is 10.7. The summed E-state index contributed by atoms with van der Waals surface area (Å²) in [5.41, 5.74) is 2.50. The van der Waals surface area contributed by atoms with Crippen LogP contribution in [0.1, 0.15) is 6.42 Å². The summed E-state index contributed by atoms with van der Waals surface area (Å²) in [5.74, 6) is 0. The molecule has 1 aromatic heterocycles. The number of nitrogens with one attached hydrogen (secondary N) is 1. The summed E-state index contributed by atoms with van der Waals surface area (Å²) in [7, 11) is 4.22. The van der Waals surface area contributed by atoms with Gasteiger partial charge in [0, 0.05) is 6.54 Å². The van der Waals surface area contributed by atoms with Crippen molar-refractivity contribution < 1.29 is 4.57 Å². The first kappa shape index (κ1) is 10.2. The number of aromatic amines is 1. The van der Waals surface area contributed by atoms with Gasteiger partial charge in [0.05, 0.1) is 6.54 Å². The van der Waals surface area contributed by atoms with Crippen molar-refractivity contribution in [1.29, 1.82) is 0 Å². The maximum atomic E-state index is 3.28. The molecule has 0 radical (unpaired) electrons. The Balaban J connectivity index is 2.08. The van der Waals surface area contributed by atoms with Gasteiger partial charge in [-0.25, -0.2) is 9.55 Å². The molecule has 0 aliphatic rings. The van der Waals surface area contributed by atoms with Gasteiger partial charge in [0.25, 0.3) is 0 Å². The SMILES string of the molecule is CN(C)CCC[n+]1c[nH]c2ccccc21. The van der Waals surface area contributed by atoms with Gasteiger partial charge in [-0.3, -0.25) is 0 Å². The molecule has 0 amide bonds. The van der Waals surface area contributed by atoms with Gasteiger partial charge < -0.3 is 4.90 Å². The van der Waals surface area contributed by atoms with Crippen molar-refractivity contribution in [3.8, 4) is 0 Å². The van der Waals surface area contributed by atoms with Crippen LogP contribution in [-0.4, -0.2) is 30.5 Å². The topological polar surface area (TPSA) is 22.9 Å². The number of aryl methyl sites for hydroxylation is 1. The normalized spacial score (nSPS) is 11.4. The lowest BCUT2D eigenvalue weighted by Crippen LogP contribution is -2.33. The molecule has 3 heteroatoms. The van der Waals surface area contributed by atoms with Crippen LogP contribution in [0.2, 0.25) is 0 Å². The highest BCUT2D eigenvalue weighted by Crippen LogP contribution is 2.05. The second kappa shape index (κ2) is 4.45. The summed E-state index contributed by atoms with van der Waals surface area (Å²) in [4.78, 5) is 5.49. The van der Waals surface area contributed by atoms with E-state index in [1.807, 2.05) is 0 Å². The second-order valence-corrected chi connectivity index (χ2v) is 4.14. The molecule has 0 saturated carbocycles. The van der Waals surface area contributed by atoms with Crippen molar-refractivity contribution in [2.45, 2.75) is 13.0 Å². The molecule has 0 bridgehead atoms. The van der Waals surface area contributed by atoms with Crippen molar-refractivity contribution in [1.82, 2.24) is 9.88 Å². The Morgan fingerprint density at radius 1 is 1.27 bits per heavy atom. The third-order valence-corrected chi connectivity index (χ3v) is 2.59. The van der Waals surface area contributed by atoms with Gasteiger partial charge in [-0.1, -0.05) is 12.1 Å². The second-order valence-electron chi connectivity index (χ2n) is 4.14. The number of imidazole rings is 1. The predicted octanol–water partition coefficient (Wildman–Crippen LogP) is 1.41. The van der Waals surface area contributed by atoms with Gasteiger partial charge in [-0.15, -0.1) is 0 Å². The molecule has 1 N–H and O–H groups in total. The molecule has 0 aliphatic heterocycles. The number of fused-ring (bicyclic) bond motifs is 1. The molecule has 0 aliphatic carbocycles. The minimum atomic E-state index is 1.07. The summed E-state index contributed by atoms with van der Waals surface area (Å²) >= 11 is 0. The van der Waals surface area contributed by atoms with Crippen molar-refractivity contribution >= 4 is 11.0 Å². The van der Waals surface area contributed by atoms with Crippen molar-refractivity contribution in [2.75, 3.05) is 20.6 Å². The molecule has 0 atom stereocenters. The predicted molar refractivity (Wildman–Crippen MR) is 61.7 cm³/mol. The van der Waals surface area contributed by atoms with Crippen molar-refractivity contribution in [3.05, 3.63) is 30.6 Å². The molecule has 0 fully saturated rings. The van der Waals surface area contributed by atoms with Crippen LogP contribution < -0.4 is 4.57 Å². The smallest absolute Gasteiger partial charge is 0.242 e. The van der Waals surface area contributed by atoms with Crippen LogP contribution in [0.5, 0.6) is 0 Å². The number of benzene rings is 1. The lowest BCUT2D eigenvalue weighted by atomic mass is 10.3. The summed E-state index contributed by atoms with van der Waals surface area (Å²) in [6.45, 7) is 2.20. The fraction of sp³-hybridized carbons (Fsp3) is 0.417. The molecule has 0 spiro atoms. The van der Waals surface area contributed by atoms with Crippen LogP contribution >= 0.6 is 0 Å². The summed E-state index contributed by atoms with van der Waals surface area (Å²) < 4.78 is 2.28. The Morgan fingerprint density at radius 2 is 2.07 bits per heavy atom. The lowest BCUT2D eigenvalue weighted by molar-refractivity contribution is -0.671. The van der Waals surface area contributed by atoms with E-state index in [1.165, 1.54) is 17.5 Å². The molecule has 2 rings (SSSR count). The summed E-state index contributed by atoms with van der Waals surface area (Å²) in [6.07, 6.45) is 3.24. The first-order chi connectivity index (χ1) is 7.27. The van der Waals surface area contributed by atoms with Gasteiger partial charge in [0.1, 0.15) is 0 Å². The zero-order valence-corrected chi connectivity index (χ0v) is 9.40. The minimum Gasteiger partial charge on any atom is -0.309 e. The quantitative estimate of drug-likeness (QED) is 0.748. The first-order valence-corrected chi connectivity index (χ1v) is 5.37. The van der Waals surface area contributed by atoms with E-state index in [1.54, 1.807) is 0 Å². The van der Waals surface area contributed by atoms with Gasteiger partial charge in [0.15, 0.2) is 11.0 Å². The molecule has 3 nitrogen and oxygen atoms in total. The van der Waals surface area contributed by atoms with E-state index in [2.05, 4.69) is 59.1 Å². The Hall–Kier alpha value is -1.35. The largest absolute Gasteiger partial charge is 0.309 e. The number of aromatic nitrogens is 2. The van der Waals surface area contributed by atoms with Gasteiger partial charge in [-0.05, 0) is 32.6 Å². The Morgan fingerprint density at radius 3 is 2.87 bits per heavy atom. The molecule has 2 aromatic rings. The van der Waals surface area contributed by atoms with E-state index in [0.717, 1.165) is 13.1 Å². The molecule has 0 unspecified atom stereocenters. The Bertz CT molecular complexity index is 431. The zero-order valence-electron chi connectivity index (χ0n) is 9.40. The molecular weight excluding hydrogens is 186 g/mol. The summed E-state index contributed by atoms with van der Waals surface area (Å²) in [6, 6.07) is 8.40. The number of rotatable bonds is 4. The molecule has 0 saturated heterocycles. The first-order valence-electron chi connectivity index (χ1n) is 5.37. The van der Waals surface area contributed by atoms with Crippen molar-refractivity contribution in [3.63, 3.8) is 0 Å². The molecule has 1 aromatic carbocycles. The van der Waals surface area contributed by atoms with E-state index in [4.69, 9.17) is 0 Å². The standard InChI is InChI=1S/C12H17N3/c1-14(2)8-5-9-15-10-13-11-6-3-4-7-12(11)15/h3-4,6-7,10H,5,8-9H2,1-2H3/p+1. The number of nitrogens with zero attached hydrogens (tertiary/aromatic N) is 2. The average molecular weight is 204 g/mol. The fourth-order valence-corrected chi connectivity index (χ4v) is 1.81. The monoisotopic (exact) mass is 204 g/mol. The third-order valence-electron chi connectivity index (χ3n) is 2.59. The van der Waals surface area contributed by atoms with E-state index in [0.29, 0.717) is 0 Å². The highest BCUT2D eigenvalue weighted by molar-refractivity contribution is 5.70. The van der Waals surface area contributed by atoms with Crippen LogP contribution in [0.15, 0.2) is 30.6 Å². The van der Waals surface area contributed by atoms with E-state index in [9.17, 15) is 0 Å². The van der Waals surface area contributed by atoms with Gasteiger partial charge in [0.2, 0.25) is 6.33 Å². The van der Waals surface area contributed by atoms with Crippen LogP contribution in [0.25, 0.3) is 11.0 Å². The van der Waals surface area contributed by atoms with Crippen LogP contribution in [-0.2, 0) is 6.54 Å². The fourth-order valence-electron chi connectivity index (χ4n) is 1.81. The minimum absolute atomic E-state index is 1.07. The van der Waals surface area contributed by atoms with Crippen LogP contribution in [0.4, 0.5) is 0 Å². The Labute approximate surface area is 90.3 Å². The van der Waals surface area contributed by atoms with Crippen molar-refractivity contribution in [2.24, 2.45) is 0 Å². The number of H-pyrrole nitrogens is 1. The van der Waals surface area contributed by atoms with Crippen LogP contribution in [0, 0.1) is 0 Å².